The lowest BCUT2D eigenvalue weighted by atomic mass is 10.1. The van der Waals surface area contributed by atoms with Crippen LogP contribution in [0.15, 0.2) is 47.3 Å². The van der Waals surface area contributed by atoms with Gasteiger partial charge in [-0.15, -0.1) is 0 Å². The lowest BCUT2D eigenvalue weighted by molar-refractivity contribution is -0.137. The number of nitrogens with zero attached hydrogens (tertiary/aromatic N) is 1. The molecule has 0 spiro atoms. The number of anilines is 1. The summed E-state index contributed by atoms with van der Waals surface area (Å²) in [6, 6.07) is 8.86. The van der Waals surface area contributed by atoms with Crippen LogP contribution in [0.1, 0.15) is 28.5 Å². The van der Waals surface area contributed by atoms with Gasteiger partial charge in [-0.05, 0) is 36.8 Å². The standard InChI is InChI=1S/C18H14F3N3O2/c1-2-15-13-7-6-10(8-14(13)17(26)24-23-15)16(25)22-12-5-3-4-11(9-12)18(19,20)21/h3-9H,2H2,1H3,(H,22,25)(H,24,26). The Labute approximate surface area is 145 Å². The van der Waals surface area contributed by atoms with E-state index >= 15 is 0 Å². The third kappa shape index (κ3) is 3.44. The molecule has 0 unspecified atom stereocenters. The van der Waals surface area contributed by atoms with E-state index < -0.39 is 23.2 Å². The second-order valence-corrected chi connectivity index (χ2v) is 5.65. The highest BCUT2D eigenvalue weighted by molar-refractivity contribution is 6.06. The third-order valence-electron chi connectivity index (χ3n) is 3.91. The molecule has 0 bridgehead atoms. The van der Waals surface area contributed by atoms with Gasteiger partial charge in [0.2, 0.25) is 0 Å². The molecule has 134 valence electrons. The van der Waals surface area contributed by atoms with Crippen LogP contribution in [0, 0.1) is 0 Å². The summed E-state index contributed by atoms with van der Waals surface area (Å²) in [5, 5.41) is 9.67. The molecule has 0 aliphatic carbocycles. The predicted molar refractivity (Wildman–Crippen MR) is 91.1 cm³/mol. The van der Waals surface area contributed by atoms with Gasteiger partial charge >= 0.3 is 6.18 Å². The number of fused-ring (bicyclic) bond motifs is 1. The summed E-state index contributed by atoms with van der Waals surface area (Å²) in [5.41, 5.74) is -0.434. The lowest BCUT2D eigenvalue weighted by Crippen LogP contribution is -2.15. The van der Waals surface area contributed by atoms with Crippen LogP contribution in [0.4, 0.5) is 18.9 Å². The molecule has 0 aliphatic rings. The molecule has 26 heavy (non-hydrogen) atoms. The van der Waals surface area contributed by atoms with Crippen molar-refractivity contribution in [2.45, 2.75) is 19.5 Å². The number of benzene rings is 2. The van der Waals surface area contributed by atoms with E-state index in [4.69, 9.17) is 0 Å². The highest BCUT2D eigenvalue weighted by Crippen LogP contribution is 2.30. The van der Waals surface area contributed by atoms with Crippen LogP contribution < -0.4 is 10.9 Å². The zero-order valence-corrected chi connectivity index (χ0v) is 13.6. The van der Waals surface area contributed by atoms with E-state index in [9.17, 15) is 22.8 Å². The van der Waals surface area contributed by atoms with Gasteiger partial charge in [0.25, 0.3) is 11.5 Å². The van der Waals surface area contributed by atoms with Gasteiger partial charge in [0.05, 0.1) is 16.6 Å². The largest absolute Gasteiger partial charge is 0.416 e. The van der Waals surface area contributed by atoms with Crippen molar-refractivity contribution in [2.75, 3.05) is 5.32 Å². The van der Waals surface area contributed by atoms with E-state index in [2.05, 4.69) is 15.5 Å². The van der Waals surface area contributed by atoms with Crippen molar-refractivity contribution in [1.82, 2.24) is 10.2 Å². The zero-order valence-electron chi connectivity index (χ0n) is 13.6. The highest BCUT2D eigenvalue weighted by Gasteiger charge is 2.30. The van der Waals surface area contributed by atoms with Gasteiger partial charge in [0.15, 0.2) is 0 Å². The Kier molecular flexibility index (Phi) is 4.50. The normalized spacial score (nSPS) is 11.5. The average molecular weight is 361 g/mol. The van der Waals surface area contributed by atoms with Gasteiger partial charge in [-0.2, -0.15) is 18.3 Å². The minimum atomic E-state index is -4.50. The summed E-state index contributed by atoms with van der Waals surface area (Å²) in [7, 11) is 0. The van der Waals surface area contributed by atoms with Crippen molar-refractivity contribution < 1.29 is 18.0 Å². The quantitative estimate of drug-likeness (QED) is 0.746. The van der Waals surface area contributed by atoms with Crippen molar-refractivity contribution in [3.05, 3.63) is 69.6 Å². The topological polar surface area (TPSA) is 74.8 Å². The molecule has 2 aromatic carbocycles. The molecule has 8 heteroatoms. The van der Waals surface area contributed by atoms with Crippen LogP contribution in [-0.2, 0) is 12.6 Å². The highest BCUT2D eigenvalue weighted by atomic mass is 19.4. The second-order valence-electron chi connectivity index (χ2n) is 5.65. The molecule has 0 saturated heterocycles. The fourth-order valence-electron chi connectivity index (χ4n) is 2.61. The van der Waals surface area contributed by atoms with E-state index in [0.29, 0.717) is 22.9 Å². The third-order valence-corrected chi connectivity index (χ3v) is 3.91. The fraction of sp³-hybridized carbons (Fsp3) is 0.167. The number of alkyl halides is 3. The van der Waals surface area contributed by atoms with Crippen LogP contribution in [0.25, 0.3) is 10.8 Å². The molecule has 1 aromatic heterocycles. The number of aryl methyl sites for hydroxylation is 1. The summed E-state index contributed by atoms with van der Waals surface area (Å²) in [6.45, 7) is 1.88. The van der Waals surface area contributed by atoms with E-state index in [-0.39, 0.29) is 11.3 Å². The molecule has 1 heterocycles. The van der Waals surface area contributed by atoms with Crippen LogP contribution in [-0.4, -0.2) is 16.1 Å². The molecule has 0 saturated carbocycles. The Balaban J connectivity index is 1.94. The molecule has 5 nitrogen and oxygen atoms in total. The number of nitrogens with one attached hydrogen (secondary N) is 2. The lowest BCUT2D eigenvalue weighted by Gasteiger charge is -2.10. The average Bonchev–Trinajstić information content (AvgIpc) is 2.61. The van der Waals surface area contributed by atoms with E-state index in [1.807, 2.05) is 6.92 Å². The first kappa shape index (κ1) is 17.7. The van der Waals surface area contributed by atoms with Gasteiger partial charge < -0.3 is 5.32 Å². The predicted octanol–water partition coefficient (Wildman–Crippen LogP) is 3.76. The van der Waals surface area contributed by atoms with Gasteiger partial charge in [-0.25, -0.2) is 5.10 Å². The Morgan fingerprint density at radius 2 is 1.92 bits per heavy atom. The summed E-state index contributed by atoms with van der Waals surface area (Å²) >= 11 is 0. The van der Waals surface area contributed by atoms with Crippen LogP contribution in [0.5, 0.6) is 0 Å². The SMILES string of the molecule is CCc1n[nH]c(=O)c2cc(C(=O)Nc3cccc(C(F)(F)F)c3)ccc12. The Bertz CT molecular complexity index is 1040. The number of aromatic nitrogens is 2. The summed E-state index contributed by atoms with van der Waals surface area (Å²) in [6.07, 6.45) is -3.90. The Hall–Kier alpha value is -3.16. The Morgan fingerprint density at radius 1 is 1.15 bits per heavy atom. The number of H-pyrrole nitrogens is 1. The number of hydrogen-bond donors (Lipinski definition) is 2. The number of carbonyl (C=O) groups is 1. The summed E-state index contributed by atoms with van der Waals surface area (Å²) < 4.78 is 38.3. The minimum Gasteiger partial charge on any atom is -0.322 e. The van der Waals surface area contributed by atoms with Crippen LogP contribution >= 0.6 is 0 Å². The number of carbonyl (C=O) groups excluding carboxylic acids is 1. The molecule has 3 rings (SSSR count). The van der Waals surface area contributed by atoms with Crippen molar-refractivity contribution in [2.24, 2.45) is 0 Å². The zero-order chi connectivity index (χ0) is 18.9. The van der Waals surface area contributed by atoms with E-state index in [0.717, 1.165) is 12.1 Å². The molecule has 0 aliphatic heterocycles. The molecule has 0 atom stereocenters. The number of hydrogen-bond acceptors (Lipinski definition) is 3. The molecular weight excluding hydrogens is 347 g/mol. The van der Waals surface area contributed by atoms with Crippen molar-refractivity contribution in [3.63, 3.8) is 0 Å². The maximum atomic E-state index is 12.8. The first-order valence-corrected chi connectivity index (χ1v) is 7.79. The number of halogens is 3. The summed E-state index contributed by atoms with van der Waals surface area (Å²) in [4.78, 5) is 24.3. The minimum absolute atomic E-state index is 0.0165. The smallest absolute Gasteiger partial charge is 0.322 e. The van der Waals surface area contributed by atoms with Gasteiger partial charge in [-0.3, -0.25) is 9.59 Å². The van der Waals surface area contributed by atoms with E-state index in [1.54, 1.807) is 6.07 Å². The number of rotatable bonds is 3. The summed E-state index contributed by atoms with van der Waals surface area (Å²) in [5.74, 6) is -0.611. The monoisotopic (exact) mass is 361 g/mol. The fourth-order valence-corrected chi connectivity index (χ4v) is 2.61. The molecule has 3 aromatic rings. The molecular formula is C18H14F3N3O2. The van der Waals surface area contributed by atoms with Crippen molar-refractivity contribution >= 4 is 22.4 Å². The maximum Gasteiger partial charge on any atom is 0.416 e. The van der Waals surface area contributed by atoms with E-state index in [1.165, 1.54) is 24.3 Å². The van der Waals surface area contributed by atoms with Crippen LogP contribution in [0.2, 0.25) is 0 Å². The molecule has 0 fully saturated rings. The molecule has 2 N–H and O–H groups in total. The Morgan fingerprint density at radius 3 is 2.62 bits per heavy atom. The first-order chi connectivity index (χ1) is 12.3. The van der Waals surface area contributed by atoms with Crippen molar-refractivity contribution in [1.29, 1.82) is 0 Å². The molecule has 1 amide bonds. The molecule has 0 radical (unpaired) electrons. The first-order valence-electron chi connectivity index (χ1n) is 7.79. The maximum absolute atomic E-state index is 12.8. The van der Waals surface area contributed by atoms with Gasteiger partial charge in [-0.1, -0.05) is 19.1 Å². The van der Waals surface area contributed by atoms with Gasteiger partial charge in [0, 0.05) is 16.6 Å². The second kappa shape index (κ2) is 6.62. The van der Waals surface area contributed by atoms with Gasteiger partial charge in [0.1, 0.15) is 0 Å². The number of aromatic amines is 1. The van der Waals surface area contributed by atoms with Crippen molar-refractivity contribution in [3.8, 4) is 0 Å². The number of amides is 1. The van der Waals surface area contributed by atoms with Crippen LogP contribution in [0.3, 0.4) is 0 Å².